The van der Waals surface area contributed by atoms with Gasteiger partial charge in [0, 0.05) is 20.2 Å². The highest BCUT2D eigenvalue weighted by molar-refractivity contribution is 5.59. The summed E-state index contributed by atoms with van der Waals surface area (Å²) in [5.74, 6) is -0.364. The largest absolute Gasteiger partial charge is 0.381 e. The molecule has 0 amide bonds. The van der Waals surface area contributed by atoms with Gasteiger partial charge in [0.2, 0.25) is 0 Å². The molecule has 2 rings (SSSR count). The van der Waals surface area contributed by atoms with Gasteiger partial charge >= 0.3 is 0 Å². The third kappa shape index (κ3) is 2.56. The van der Waals surface area contributed by atoms with Crippen LogP contribution in [0.25, 0.3) is 0 Å². The molecule has 3 nitrogen and oxygen atoms in total. The van der Waals surface area contributed by atoms with Crippen LogP contribution in [0.15, 0.2) is 18.2 Å². The Bertz CT molecular complexity index is 434. The van der Waals surface area contributed by atoms with Gasteiger partial charge in [-0.15, -0.1) is 0 Å². The van der Waals surface area contributed by atoms with Crippen LogP contribution in [0.5, 0.6) is 0 Å². The van der Waals surface area contributed by atoms with Crippen molar-refractivity contribution in [3.63, 3.8) is 0 Å². The molecular formula is C13H15FN2O. The second kappa shape index (κ2) is 5.15. The molecule has 1 aromatic rings. The van der Waals surface area contributed by atoms with Crippen LogP contribution in [-0.4, -0.2) is 26.3 Å². The first-order chi connectivity index (χ1) is 8.24. The highest BCUT2D eigenvalue weighted by Crippen LogP contribution is 2.25. The molecule has 0 saturated carbocycles. The van der Waals surface area contributed by atoms with E-state index in [1.165, 1.54) is 12.1 Å². The van der Waals surface area contributed by atoms with Gasteiger partial charge in [0.1, 0.15) is 11.9 Å². The van der Waals surface area contributed by atoms with Crippen molar-refractivity contribution in [2.24, 2.45) is 0 Å². The Morgan fingerprint density at radius 3 is 2.71 bits per heavy atom. The van der Waals surface area contributed by atoms with Gasteiger partial charge < -0.3 is 9.64 Å². The number of hydrogen-bond acceptors (Lipinski definition) is 3. The van der Waals surface area contributed by atoms with Crippen molar-refractivity contribution in [1.29, 1.82) is 5.26 Å². The zero-order chi connectivity index (χ0) is 12.3. The molecule has 90 valence electrons. The first kappa shape index (κ1) is 11.9. The minimum absolute atomic E-state index is 0.303. The van der Waals surface area contributed by atoms with Crippen LogP contribution in [0.4, 0.5) is 10.1 Å². The third-order valence-electron chi connectivity index (χ3n) is 3.20. The molecule has 0 unspecified atom stereocenters. The van der Waals surface area contributed by atoms with Gasteiger partial charge in [0.15, 0.2) is 0 Å². The molecule has 0 spiro atoms. The predicted molar refractivity (Wildman–Crippen MR) is 63.4 cm³/mol. The van der Waals surface area contributed by atoms with Crippen molar-refractivity contribution in [3.8, 4) is 6.07 Å². The van der Waals surface area contributed by atoms with Gasteiger partial charge in [-0.2, -0.15) is 5.26 Å². The standard InChI is InChI=1S/C13H15FN2O/c1-17-12-4-6-16(7-5-12)13-3-2-11(14)8-10(13)9-15/h2-3,8,12H,4-7H2,1H3. The van der Waals surface area contributed by atoms with Gasteiger partial charge in [-0.1, -0.05) is 0 Å². The molecule has 1 fully saturated rings. The van der Waals surface area contributed by atoms with Crippen LogP contribution >= 0.6 is 0 Å². The molecule has 0 N–H and O–H groups in total. The molecular weight excluding hydrogens is 219 g/mol. The maximum absolute atomic E-state index is 13.0. The summed E-state index contributed by atoms with van der Waals surface area (Å²) in [6.45, 7) is 1.69. The molecule has 4 heteroatoms. The van der Waals surface area contributed by atoms with E-state index < -0.39 is 0 Å². The Labute approximate surface area is 100 Å². The fraction of sp³-hybridized carbons (Fsp3) is 0.462. The number of ether oxygens (including phenoxy) is 1. The summed E-state index contributed by atoms with van der Waals surface area (Å²) < 4.78 is 18.3. The minimum Gasteiger partial charge on any atom is -0.381 e. The van der Waals surface area contributed by atoms with E-state index in [-0.39, 0.29) is 5.82 Å². The van der Waals surface area contributed by atoms with Gasteiger partial charge in [0.25, 0.3) is 0 Å². The van der Waals surface area contributed by atoms with Crippen molar-refractivity contribution >= 4 is 5.69 Å². The van der Waals surface area contributed by atoms with E-state index >= 15 is 0 Å². The average molecular weight is 234 g/mol. The summed E-state index contributed by atoms with van der Waals surface area (Å²) >= 11 is 0. The molecule has 1 aromatic carbocycles. The van der Waals surface area contributed by atoms with Crippen molar-refractivity contribution in [2.75, 3.05) is 25.1 Å². The highest BCUT2D eigenvalue weighted by Gasteiger charge is 2.20. The fourth-order valence-corrected chi connectivity index (χ4v) is 2.21. The number of benzene rings is 1. The Balaban J connectivity index is 2.16. The Kier molecular flexibility index (Phi) is 3.60. The van der Waals surface area contributed by atoms with E-state index in [0.29, 0.717) is 11.7 Å². The summed E-state index contributed by atoms with van der Waals surface area (Å²) in [7, 11) is 1.72. The Morgan fingerprint density at radius 2 is 2.12 bits per heavy atom. The van der Waals surface area contributed by atoms with E-state index in [9.17, 15) is 4.39 Å². The number of anilines is 1. The molecule has 0 aromatic heterocycles. The normalized spacial score (nSPS) is 16.9. The van der Waals surface area contributed by atoms with Gasteiger partial charge in [0.05, 0.1) is 17.4 Å². The quantitative estimate of drug-likeness (QED) is 0.787. The number of halogens is 1. The lowest BCUT2D eigenvalue weighted by Crippen LogP contribution is -2.37. The molecule has 0 atom stereocenters. The third-order valence-corrected chi connectivity index (χ3v) is 3.20. The molecule has 1 saturated heterocycles. The predicted octanol–water partition coefficient (Wildman–Crippen LogP) is 2.31. The number of piperidine rings is 1. The van der Waals surface area contributed by atoms with Gasteiger partial charge in [-0.05, 0) is 31.0 Å². The second-order valence-corrected chi connectivity index (χ2v) is 4.20. The minimum atomic E-state index is -0.364. The van der Waals surface area contributed by atoms with Gasteiger partial charge in [-0.3, -0.25) is 0 Å². The SMILES string of the molecule is COC1CCN(c2ccc(F)cc2C#N)CC1. The topological polar surface area (TPSA) is 36.3 Å². The lowest BCUT2D eigenvalue weighted by Gasteiger charge is -2.33. The van der Waals surface area contributed by atoms with Crippen LogP contribution in [0, 0.1) is 17.1 Å². The van der Waals surface area contributed by atoms with Crippen LogP contribution in [-0.2, 0) is 4.74 Å². The Morgan fingerprint density at radius 1 is 1.41 bits per heavy atom. The number of nitrogens with zero attached hydrogens (tertiary/aromatic N) is 2. The molecule has 1 aliphatic heterocycles. The van der Waals surface area contributed by atoms with Crippen molar-refractivity contribution in [2.45, 2.75) is 18.9 Å². The first-order valence-corrected chi connectivity index (χ1v) is 5.72. The van der Waals surface area contributed by atoms with E-state index in [4.69, 9.17) is 10.00 Å². The van der Waals surface area contributed by atoms with Crippen LogP contribution < -0.4 is 4.90 Å². The summed E-state index contributed by atoms with van der Waals surface area (Å²) in [6.07, 6.45) is 2.19. The lowest BCUT2D eigenvalue weighted by molar-refractivity contribution is 0.0819. The fourth-order valence-electron chi connectivity index (χ4n) is 2.21. The van der Waals surface area contributed by atoms with Gasteiger partial charge in [-0.25, -0.2) is 4.39 Å². The maximum atomic E-state index is 13.0. The zero-order valence-corrected chi connectivity index (χ0v) is 9.82. The van der Waals surface area contributed by atoms with E-state index in [1.54, 1.807) is 13.2 Å². The summed E-state index contributed by atoms with van der Waals surface area (Å²) in [4.78, 5) is 2.12. The summed E-state index contributed by atoms with van der Waals surface area (Å²) in [6, 6.07) is 6.42. The smallest absolute Gasteiger partial charge is 0.124 e. The van der Waals surface area contributed by atoms with E-state index in [1.807, 2.05) is 6.07 Å². The van der Waals surface area contributed by atoms with Crippen LogP contribution in [0.3, 0.4) is 0 Å². The number of methoxy groups -OCH3 is 1. The van der Waals surface area contributed by atoms with Crippen molar-refractivity contribution in [3.05, 3.63) is 29.6 Å². The maximum Gasteiger partial charge on any atom is 0.124 e. The van der Waals surface area contributed by atoms with E-state index in [0.717, 1.165) is 31.6 Å². The average Bonchev–Trinajstić information content (AvgIpc) is 2.39. The first-order valence-electron chi connectivity index (χ1n) is 5.72. The van der Waals surface area contributed by atoms with Crippen LogP contribution in [0.1, 0.15) is 18.4 Å². The van der Waals surface area contributed by atoms with Crippen LogP contribution in [0.2, 0.25) is 0 Å². The molecule has 0 bridgehead atoms. The molecule has 0 aliphatic carbocycles. The van der Waals surface area contributed by atoms with Crippen molar-refractivity contribution < 1.29 is 9.13 Å². The highest BCUT2D eigenvalue weighted by atomic mass is 19.1. The molecule has 1 heterocycles. The zero-order valence-electron chi connectivity index (χ0n) is 9.82. The van der Waals surface area contributed by atoms with Crippen molar-refractivity contribution in [1.82, 2.24) is 0 Å². The monoisotopic (exact) mass is 234 g/mol. The summed E-state index contributed by atoms with van der Waals surface area (Å²) in [5.41, 5.74) is 1.23. The molecule has 0 radical (unpaired) electrons. The molecule has 17 heavy (non-hydrogen) atoms. The Hall–Kier alpha value is -1.60. The molecule has 1 aliphatic rings. The second-order valence-electron chi connectivity index (χ2n) is 4.20. The van der Waals surface area contributed by atoms with E-state index in [2.05, 4.69) is 4.90 Å². The number of rotatable bonds is 2. The summed E-state index contributed by atoms with van der Waals surface area (Å²) in [5, 5.41) is 9.00. The number of hydrogen-bond donors (Lipinski definition) is 0. The number of nitriles is 1. The lowest BCUT2D eigenvalue weighted by atomic mass is 10.1.